The number of benzene rings is 2. The molecule has 4 saturated carbocycles. The molecule has 2 aromatic rings. The van der Waals surface area contributed by atoms with Gasteiger partial charge in [-0.15, -0.1) is 0 Å². The molecule has 4 nitrogen and oxygen atoms in total. The van der Waals surface area contributed by atoms with E-state index in [4.69, 9.17) is 9.47 Å². The molecule has 0 aliphatic heterocycles. The maximum Gasteiger partial charge on any atom is 0.228 e. The molecule has 1 N–H and O–H groups in total. The van der Waals surface area contributed by atoms with Gasteiger partial charge in [0.1, 0.15) is 0 Å². The van der Waals surface area contributed by atoms with Gasteiger partial charge in [0.05, 0.1) is 30.8 Å². The molecule has 0 radical (unpaired) electrons. The Morgan fingerprint density at radius 1 is 0.731 bits per heavy atom. The third-order valence-electron chi connectivity index (χ3n) is 16.6. The second kappa shape index (κ2) is 14.0. The van der Waals surface area contributed by atoms with Crippen LogP contribution in [0.5, 0.6) is 0 Å². The fourth-order valence-corrected chi connectivity index (χ4v) is 13.2. The van der Waals surface area contributed by atoms with Crippen molar-refractivity contribution in [2.24, 2.45) is 50.2 Å². The molecule has 5 aliphatic rings. The molecule has 2 aromatic carbocycles. The smallest absolute Gasteiger partial charge is 0.228 e. The lowest BCUT2D eigenvalue weighted by Crippen LogP contribution is -2.67. The summed E-state index contributed by atoms with van der Waals surface area (Å²) in [6.07, 6.45) is 15.3. The molecule has 1 amide bonds. The number of unbranched alkanes of at least 4 members (excludes halogenated alkanes) is 1. The van der Waals surface area contributed by atoms with Gasteiger partial charge in [0.25, 0.3) is 0 Å². The number of nitrogens with one attached hydrogen (secondary N) is 1. The van der Waals surface area contributed by atoms with E-state index in [1.807, 2.05) is 0 Å². The van der Waals surface area contributed by atoms with Gasteiger partial charge < -0.3 is 14.8 Å². The van der Waals surface area contributed by atoms with Crippen molar-refractivity contribution < 1.29 is 14.3 Å². The quantitative estimate of drug-likeness (QED) is 0.198. The lowest BCUT2D eigenvalue weighted by Gasteiger charge is -2.71. The predicted octanol–water partition coefficient (Wildman–Crippen LogP) is 11.5. The molecule has 1 unspecified atom stereocenters. The first-order valence-corrected chi connectivity index (χ1v) is 21.0. The fourth-order valence-electron chi connectivity index (χ4n) is 13.2. The van der Waals surface area contributed by atoms with Gasteiger partial charge in [0.2, 0.25) is 5.91 Å². The van der Waals surface area contributed by atoms with Gasteiger partial charge in [0, 0.05) is 12.0 Å². The average Bonchev–Trinajstić information content (AvgIpc) is 3.12. The SMILES string of the molecule is CCCCNC(=O)[C@]1(C)C2CC[C@]3(C)[C@H](CC=C4[C@H]5CC(C)(C)C[C@@H](OCc6ccccc6)[C@]5(C)CC[C@]43C)[C@@]2(C)CC[C@@H]1OCc1ccccc1. The summed E-state index contributed by atoms with van der Waals surface area (Å²) in [5, 5.41) is 3.43. The zero-order valence-corrected chi connectivity index (χ0v) is 33.9. The number of fused-ring (bicyclic) bond motifs is 7. The Bertz CT molecular complexity index is 1600. The van der Waals surface area contributed by atoms with Crippen LogP contribution in [0.4, 0.5) is 0 Å². The Hall–Kier alpha value is -2.43. The first-order chi connectivity index (χ1) is 24.7. The monoisotopic (exact) mass is 708 g/mol. The first kappa shape index (κ1) is 37.9. The number of allylic oxidation sites excluding steroid dienone is 2. The van der Waals surface area contributed by atoms with Crippen molar-refractivity contribution >= 4 is 5.91 Å². The Labute approximate surface area is 316 Å². The second-order valence-corrected chi connectivity index (χ2v) is 19.9. The summed E-state index contributed by atoms with van der Waals surface area (Å²) in [7, 11) is 0. The largest absolute Gasteiger partial charge is 0.373 e. The lowest BCUT2D eigenvalue weighted by atomic mass is 9.33. The highest BCUT2D eigenvalue weighted by Crippen LogP contribution is 2.76. The molecular formula is C48H69NO3. The minimum Gasteiger partial charge on any atom is -0.373 e. The Morgan fingerprint density at radius 2 is 1.37 bits per heavy atom. The summed E-state index contributed by atoms with van der Waals surface area (Å²) in [4.78, 5) is 14.6. The van der Waals surface area contributed by atoms with E-state index in [1.54, 1.807) is 5.57 Å². The van der Waals surface area contributed by atoms with Crippen LogP contribution < -0.4 is 5.32 Å². The van der Waals surface area contributed by atoms with E-state index in [0.717, 1.165) is 51.5 Å². The van der Waals surface area contributed by atoms with Crippen LogP contribution >= 0.6 is 0 Å². The van der Waals surface area contributed by atoms with Crippen molar-refractivity contribution in [3.8, 4) is 0 Å². The molecule has 284 valence electrons. The van der Waals surface area contributed by atoms with Crippen molar-refractivity contribution in [2.45, 2.75) is 151 Å². The molecule has 0 saturated heterocycles. The van der Waals surface area contributed by atoms with Gasteiger partial charge in [-0.2, -0.15) is 0 Å². The number of carbonyl (C=O) groups excluding carboxylic acids is 1. The molecule has 10 atom stereocenters. The van der Waals surface area contributed by atoms with Crippen LogP contribution in [0.15, 0.2) is 72.3 Å². The van der Waals surface area contributed by atoms with E-state index in [-0.39, 0.29) is 51.1 Å². The van der Waals surface area contributed by atoms with Crippen LogP contribution in [-0.2, 0) is 27.5 Å². The maximum atomic E-state index is 14.6. The summed E-state index contributed by atoms with van der Waals surface area (Å²) < 4.78 is 13.8. The van der Waals surface area contributed by atoms with Crippen molar-refractivity contribution in [1.29, 1.82) is 0 Å². The van der Waals surface area contributed by atoms with Crippen LogP contribution in [0.25, 0.3) is 0 Å². The number of hydrogen-bond acceptors (Lipinski definition) is 3. The predicted molar refractivity (Wildman–Crippen MR) is 212 cm³/mol. The van der Waals surface area contributed by atoms with E-state index < -0.39 is 5.41 Å². The van der Waals surface area contributed by atoms with Gasteiger partial charge >= 0.3 is 0 Å². The zero-order valence-electron chi connectivity index (χ0n) is 33.9. The molecule has 4 fully saturated rings. The highest BCUT2D eigenvalue weighted by atomic mass is 16.5. The van der Waals surface area contributed by atoms with Gasteiger partial charge in [-0.3, -0.25) is 4.79 Å². The fraction of sp³-hybridized carbons (Fsp3) is 0.688. The third kappa shape index (κ3) is 6.15. The van der Waals surface area contributed by atoms with Crippen molar-refractivity contribution in [1.82, 2.24) is 5.32 Å². The zero-order chi connectivity index (χ0) is 37.0. The van der Waals surface area contributed by atoms with E-state index in [0.29, 0.717) is 25.0 Å². The summed E-state index contributed by atoms with van der Waals surface area (Å²) >= 11 is 0. The van der Waals surface area contributed by atoms with Crippen LogP contribution in [0.1, 0.15) is 137 Å². The van der Waals surface area contributed by atoms with Gasteiger partial charge in [-0.25, -0.2) is 0 Å². The van der Waals surface area contributed by atoms with Crippen LogP contribution in [0.3, 0.4) is 0 Å². The topological polar surface area (TPSA) is 47.6 Å². The van der Waals surface area contributed by atoms with Gasteiger partial charge in [0.15, 0.2) is 0 Å². The lowest BCUT2D eigenvalue weighted by molar-refractivity contribution is -0.221. The standard InChI is InChI=1S/C48H69NO3/c1-9-10-29-49-42(50)48(8)39-23-26-47(7)38(45(39,5)25-24-40(48)51-32-34-17-13-11-14-18-34)22-21-36-37-30-43(2,3)31-41(44(37,4)27-28-46(36,47)6)52-33-35-19-15-12-16-20-35/h11-21,37-41H,9-10,22-33H2,1-8H3,(H,49,50)/t37-,38-,39?,40+,41-,44-,45-,46-,47-,48-/m1/s1. The van der Waals surface area contributed by atoms with Crippen LogP contribution in [-0.4, -0.2) is 24.7 Å². The second-order valence-electron chi connectivity index (χ2n) is 19.9. The van der Waals surface area contributed by atoms with E-state index in [1.165, 1.54) is 36.8 Å². The Morgan fingerprint density at radius 3 is 2.00 bits per heavy atom. The molecule has 0 spiro atoms. The molecular weight excluding hydrogens is 639 g/mol. The first-order valence-electron chi connectivity index (χ1n) is 21.0. The molecule has 0 bridgehead atoms. The molecule has 4 heteroatoms. The Kier molecular flexibility index (Phi) is 10.2. The highest BCUT2D eigenvalue weighted by Gasteiger charge is 2.70. The molecule has 7 rings (SSSR count). The summed E-state index contributed by atoms with van der Waals surface area (Å²) in [5.41, 5.74) is 4.41. The minimum atomic E-state index is -0.566. The van der Waals surface area contributed by atoms with Crippen molar-refractivity contribution in [3.63, 3.8) is 0 Å². The van der Waals surface area contributed by atoms with Crippen LogP contribution in [0, 0.1) is 50.2 Å². The molecule has 52 heavy (non-hydrogen) atoms. The van der Waals surface area contributed by atoms with E-state index in [2.05, 4.69) is 127 Å². The number of amides is 1. The Balaban J connectivity index is 1.19. The molecule has 0 aromatic heterocycles. The highest BCUT2D eigenvalue weighted by molar-refractivity contribution is 5.83. The van der Waals surface area contributed by atoms with Gasteiger partial charge in [-0.05, 0) is 122 Å². The van der Waals surface area contributed by atoms with Crippen molar-refractivity contribution in [2.75, 3.05) is 6.54 Å². The number of carbonyl (C=O) groups is 1. The average molecular weight is 708 g/mol. The molecule has 0 heterocycles. The van der Waals surface area contributed by atoms with Gasteiger partial charge in [-0.1, -0.05) is 127 Å². The normalized spacial score (nSPS) is 40.7. The van der Waals surface area contributed by atoms with E-state index in [9.17, 15) is 4.79 Å². The van der Waals surface area contributed by atoms with Crippen molar-refractivity contribution in [3.05, 3.63) is 83.4 Å². The summed E-state index contributed by atoms with van der Waals surface area (Å²) in [5.74, 6) is 1.58. The molecule has 5 aliphatic carbocycles. The number of rotatable bonds is 10. The summed E-state index contributed by atoms with van der Waals surface area (Å²) in [6.45, 7) is 22.0. The maximum absolute atomic E-state index is 14.6. The number of ether oxygens (including phenoxy) is 2. The minimum absolute atomic E-state index is 0.0649. The third-order valence-corrected chi connectivity index (χ3v) is 16.6. The van der Waals surface area contributed by atoms with Crippen LogP contribution in [0.2, 0.25) is 0 Å². The number of hydrogen-bond donors (Lipinski definition) is 1. The van der Waals surface area contributed by atoms with E-state index >= 15 is 0 Å². The summed E-state index contributed by atoms with van der Waals surface area (Å²) in [6, 6.07) is 21.3.